The van der Waals surface area contributed by atoms with E-state index in [1.807, 2.05) is 36.4 Å². The van der Waals surface area contributed by atoms with Crippen LogP contribution in [0.15, 0.2) is 73.1 Å². The summed E-state index contributed by atoms with van der Waals surface area (Å²) in [6.07, 6.45) is 3.05. The Hall–Kier alpha value is -3.54. The topological polar surface area (TPSA) is 81.1 Å². The highest BCUT2D eigenvalue weighted by molar-refractivity contribution is 6.04. The minimum absolute atomic E-state index is 0.134. The largest absolute Gasteiger partial charge is 0.344 e. The van der Waals surface area contributed by atoms with Crippen molar-refractivity contribution < 1.29 is 14.4 Å². The van der Waals surface area contributed by atoms with Crippen LogP contribution in [0.5, 0.6) is 0 Å². The van der Waals surface area contributed by atoms with Crippen LogP contribution in [-0.2, 0) is 4.79 Å². The number of carbonyl (C=O) groups excluding carboxylic acids is 3. The fourth-order valence-corrected chi connectivity index (χ4v) is 3.88. The number of amides is 1. The van der Waals surface area contributed by atoms with Gasteiger partial charge < -0.3 is 5.32 Å². The van der Waals surface area contributed by atoms with Crippen molar-refractivity contribution in [2.45, 2.75) is 24.8 Å². The van der Waals surface area contributed by atoms with Crippen molar-refractivity contribution in [3.05, 3.63) is 90.0 Å². The summed E-state index contributed by atoms with van der Waals surface area (Å²) in [7, 11) is 0. The average Bonchev–Trinajstić information content (AvgIpc) is 3.20. The highest BCUT2D eigenvalue weighted by atomic mass is 16.2. The number of hydrogen-bond acceptors (Lipinski definition) is 4. The third-order valence-electron chi connectivity index (χ3n) is 5.05. The molecule has 3 atom stereocenters. The fraction of sp³-hybridized carbons (Fsp3) is 0.182. The molecule has 4 rings (SSSR count). The quantitative estimate of drug-likeness (QED) is 0.713. The van der Waals surface area contributed by atoms with Gasteiger partial charge in [0.2, 0.25) is 5.91 Å². The number of imidazole rings is 1. The van der Waals surface area contributed by atoms with Gasteiger partial charge in [0, 0.05) is 30.8 Å². The van der Waals surface area contributed by atoms with E-state index in [1.165, 1.54) is 17.7 Å². The molecule has 2 heterocycles. The van der Waals surface area contributed by atoms with E-state index in [9.17, 15) is 14.4 Å². The summed E-state index contributed by atoms with van der Waals surface area (Å²) >= 11 is 0. The van der Waals surface area contributed by atoms with Crippen LogP contribution in [0.2, 0.25) is 0 Å². The molecule has 0 saturated carbocycles. The Balaban J connectivity index is 1.91. The first kappa shape index (κ1) is 17.9. The summed E-state index contributed by atoms with van der Waals surface area (Å²) in [5.41, 5.74) is 1.34. The van der Waals surface area contributed by atoms with E-state index in [-0.39, 0.29) is 17.6 Å². The lowest BCUT2D eigenvalue weighted by molar-refractivity contribution is -0.119. The van der Waals surface area contributed by atoms with Gasteiger partial charge in [0.05, 0.1) is 5.92 Å². The summed E-state index contributed by atoms with van der Waals surface area (Å²) in [4.78, 5) is 42.8. The van der Waals surface area contributed by atoms with Gasteiger partial charge in [-0.05, 0) is 5.56 Å². The van der Waals surface area contributed by atoms with Crippen molar-refractivity contribution in [3.8, 4) is 0 Å². The van der Waals surface area contributed by atoms with E-state index < -0.39 is 17.9 Å². The van der Waals surface area contributed by atoms with Gasteiger partial charge in [0.1, 0.15) is 11.9 Å². The van der Waals surface area contributed by atoms with Gasteiger partial charge in [-0.2, -0.15) is 0 Å². The maximum Gasteiger partial charge on any atom is 0.255 e. The Kier molecular flexibility index (Phi) is 4.61. The predicted molar refractivity (Wildman–Crippen MR) is 103 cm³/mol. The number of Topliss-reactive ketones (excluding diaryl/α,β-unsaturated/α-hetero) is 1. The van der Waals surface area contributed by atoms with Crippen LogP contribution in [0.1, 0.15) is 45.3 Å². The summed E-state index contributed by atoms with van der Waals surface area (Å²) in [5, 5.41) is 2.76. The van der Waals surface area contributed by atoms with Gasteiger partial charge in [0.25, 0.3) is 5.91 Å². The monoisotopic (exact) mass is 373 g/mol. The Bertz CT molecular complexity index is 1030. The Morgan fingerprint density at radius 2 is 1.64 bits per heavy atom. The smallest absolute Gasteiger partial charge is 0.255 e. The lowest BCUT2D eigenvalue weighted by Crippen LogP contribution is -2.52. The zero-order valence-electron chi connectivity index (χ0n) is 15.3. The van der Waals surface area contributed by atoms with Gasteiger partial charge in [-0.25, -0.2) is 4.98 Å². The van der Waals surface area contributed by atoms with E-state index >= 15 is 0 Å². The molecule has 0 unspecified atom stereocenters. The third kappa shape index (κ3) is 3.03. The minimum atomic E-state index is -0.862. The van der Waals surface area contributed by atoms with E-state index in [4.69, 9.17) is 0 Å². The van der Waals surface area contributed by atoms with Crippen LogP contribution in [0.4, 0.5) is 0 Å². The standard InChI is InChI=1S/C22H19N3O3/c1-14(26)24-19-17(15-8-4-2-5-9-15)18(20(27)16-10-6-3-7-11-16)21-23-12-13-25(21)22(19)28/h2-13,17-19H,1H3,(H,24,26)/t17-,18+,19+/m1/s1. The van der Waals surface area contributed by atoms with Crippen molar-refractivity contribution in [3.63, 3.8) is 0 Å². The number of hydrogen-bond donors (Lipinski definition) is 1. The fourth-order valence-electron chi connectivity index (χ4n) is 3.88. The van der Waals surface area contributed by atoms with Crippen LogP contribution in [0, 0.1) is 0 Å². The number of aromatic nitrogens is 2. The van der Waals surface area contributed by atoms with E-state index in [0.29, 0.717) is 11.4 Å². The zero-order valence-corrected chi connectivity index (χ0v) is 15.3. The SMILES string of the molecule is CC(=O)N[C@@H]1C(=O)n2ccnc2[C@H](C(=O)c2ccccc2)[C@H]1c1ccccc1. The van der Waals surface area contributed by atoms with E-state index in [1.54, 1.807) is 30.5 Å². The molecule has 1 aromatic heterocycles. The van der Waals surface area contributed by atoms with Crippen molar-refractivity contribution in [2.75, 3.05) is 0 Å². The number of nitrogens with zero attached hydrogens (tertiary/aromatic N) is 2. The molecule has 6 nitrogen and oxygen atoms in total. The third-order valence-corrected chi connectivity index (χ3v) is 5.05. The minimum Gasteiger partial charge on any atom is -0.344 e. The highest BCUT2D eigenvalue weighted by Gasteiger charge is 2.47. The van der Waals surface area contributed by atoms with Crippen molar-refractivity contribution >= 4 is 17.6 Å². The van der Waals surface area contributed by atoms with Crippen molar-refractivity contribution in [1.29, 1.82) is 0 Å². The molecule has 3 aromatic rings. The summed E-state index contributed by atoms with van der Waals surface area (Å²) in [6, 6.07) is 17.4. The van der Waals surface area contributed by atoms with Crippen LogP contribution in [0.3, 0.4) is 0 Å². The first-order valence-corrected chi connectivity index (χ1v) is 9.06. The van der Waals surface area contributed by atoms with Crippen LogP contribution in [0.25, 0.3) is 0 Å². The molecule has 2 aromatic carbocycles. The lowest BCUT2D eigenvalue weighted by Gasteiger charge is -2.37. The van der Waals surface area contributed by atoms with Gasteiger partial charge in [0.15, 0.2) is 5.78 Å². The lowest BCUT2D eigenvalue weighted by atomic mass is 9.74. The first-order chi connectivity index (χ1) is 13.6. The molecule has 0 bridgehead atoms. The molecule has 1 N–H and O–H groups in total. The second-order valence-corrected chi connectivity index (χ2v) is 6.82. The molecule has 0 fully saturated rings. The molecule has 0 radical (unpaired) electrons. The van der Waals surface area contributed by atoms with Crippen LogP contribution >= 0.6 is 0 Å². The molecule has 1 aliphatic heterocycles. The molecule has 0 spiro atoms. The maximum atomic E-state index is 13.5. The van der Waals surface area contributed by atoms with E-state index in [2.05, 4.69) is 10.3 Å². The van der Waals surface area contributed by atoms with Crippen molar-refractivity contribution in [2.24, 2.45) is 0 Å². The van der Waals surface area contributed by atoms with Gasteiger partial charge in [-0.3, -0.25) is 19.0 Å². The molecule has 28 heavy (non-hydrogen) atoms. The molecule has 1 aliphatic rings. The zero-order chi connectivity index (χ0) is 19.7. The summed E-state index contributed by atoms with van der Waals surface area (Å²) in [6.45, 7) is 1.37. The number of carbonyl (C=O) groups is 3. The first-order valence-electron chi connectivity index (χ1n) is 9.06. The molecule has 0 aliphatic carbocycles. The second kappa shape index (κ2) is 7.23. The number of fused-ring (bicyclic) bond motifs is 1. The number of ketones is 1. The number of rotatable bonds is 4. The Labute approximate surface area is 162 Å². The predicted octanol–water partition coefficient (Wildman–Crippen LogP) is 2.79. The average molecular weight is 373 g/mol. The normalized spacial score (nSPS) is 21.0. The second-order valence-electron chi connectivity index (χ2n) is 6.82. The van der Waals surface area contributed by atoms with Gasteiger partial charge >= 0.3 is 0 Å². The van der Waals surface area contributed by atoms with Crippen molar-refractivity contribution in [1.82, 2.24) is 14.9 Å². The Morgan fingerprint density at radius 1 is 1.00 bits per heavy atom. The number of benzene rings is 2. The maximum absolute atomic E-state index is 13.5. The number of nitrogens with one attached hydrogen (secondary N) is 1. The molecule has 1 amide bonds. The molecular formula is C22H19N3O3. The van der Waals surface area contributed by atoms with Crippen LogP contribution < -0.4 is 5.32 Å². The van der Waals surface area contributed by atoms with E-state index in [0.717, 1.165) is 5.56 Å². The molecule has 140 valence electrons. The molecule has 6 heteroatoms. The van der Waals surface area contributed by atoms with Gasteiger partial charge in [-0.1, -0.05) is 60.7 Å². The highest BCUT2D eigenvalue weighted by Crippen LogP contribution is 2.41. The Morgan fingerprint density at radius 3 is 2.29 bits per heavy atom. The summed E-state index contributed by atoms with van der Waals surface area (Å²) < 4.78 is 1.38. The molecular weight excluding hydrogens is 354 g/mol. The molecule has 0 saturated heterocycles. The summed E-state index contributed by atoms with van der Waals surface area (Å²) in [5.74, 6) is -1.61. The van der Waals surface area contributed by atoms with Crippen LogP contribution in [-0.4, -0.2) is 33.2 Å². The van der Waals surface area contributed by atoms with Gasteiger partial charge in [-0.15, -0.1) is 0 Å².